The second-order valence-corrected chi connectivity index (χ2v) is 8.89. The quantitative estimate of drug-likeness (QED) is 0.744. The molecule has 0 spiro atoms. The van der Waals surface area contributed by atoms with E-state index in [0.717, 1.165) is 12.8 Å². The number of aromatic nitrogens is 1. The predicted octanol–water partition coefficient (Wildman–Crippen LogP) is 3.04. The van der Waals surface area contributed by atoms with E-state index in [0.29, 0.717) is 30.2 Å². The molecule has 1 N–H and O–H groups in total. The summed E-state index contributed by atoms with van der Waals surface area (Å²) in [6, 6.07) is 4.33. The van der Waals surface area contributed by atoms with E-state index >= 15 is 0 Å². The first-order chi connectivity index (χ1) is 13.7. The zero-order valence-corrected chi connectivity index (χ0v) is 18.4. The lowest BCUT2D eigenvalue weighted by Crippen LogP contribution is -2.29. The summed E-state index contributed by atoms with van der Waals surface area (Å²) in [5, 5.41) is 0.237. The van der Waals surface area contributed by atoms with Crippen LogP contribution in [0.3, 0.4) is 0 Å². The lowest BCUT2D eigenvalue weighted by atomic mass is 10.3. The van der Waals surface area contributed by atoms with Crippen LogP contribution in [0.5, 0.6) is 11.5 Å². The molecule has 0 atom stereocenters. The van der Waals surface area contributed by atoms with Crippen LogP contribution in [0.4, 0.5) is 5.69 Å². The van der Waals surface area contributed by atoms with Crippen molar-refractivity contribution in [2.75, 3.05) is 32.0 Å². The highest BCUT2D eigenvalue weighted by molar-refractivity contribution is 7.92. The number of likely N-dealkylation sites (tertiary alicyclic amines) is 1. The maximum absolute atomic E-state index is 13.1. The van der Waals surface area contributed by atoms with Crippen molar-refractivity contribution in [3.63, 3.8) is 0 Å². The minimum Gasteiger partial charge on any atom is -0.495 e. The smallest absolute Gasteiger partial charge is 0.270 e. The minimum absolute atomic E-state index is 0.0246. The van der Waals surface area contributed by atoms with E-state index in [1.54, 1.807) is 23.4 Å². The number of amides is 1. The second kappa shape index (κ2) is 8.16. The van der Waals surface area contributed by atoms with Crippen LogP contribution >= 0.6 is 11.6 Å². The topological polar surface area (TPSA) is 89.9 Å². The van der Waals surface area contributed by atoms with Gasteiger partial charge in [-0.15, -0.1) is 0 Å². The van der Waals surface area contributed by atoms with Crippen LogP contribution in [0.25, 0.3) is 0 Å². The molecule has 2 aromatic rings. The van der Waals surface area contributed by atoms with Crippen LogP contribution in [-0.2, 0) is 17.1 Å². The van der Waals surface area contributed by atoms with Gasteiger partial charge in [-0.2, -0.15) is 0 Å². The summed E-state index contributed by atoms with van der Waals surface area (Å²) < 4.78 is 40.7. The van der Waals surface area contributed by atoms with Crippen molar-refractivity contribution in [3.05, 3.63) is 34.6 Å². The van der Waals surface area contributed by atoms with Crippen molar-refractivity contribution in [2.24, 2.45) is 7.05 Å². The summed E-state index contributed by atoms with van der Waals surface area (Å²) in [5.74, 6) is 0.456. The first-order valence-corrected chi connectivity index (χ1v) is 11.0. The zero-order chi connectivity index (χ0) is 21.3. The summed E-state index contributed by atoms with van der Waals surface area (Å²) >= 11 is 6.14. The number of nitrogens with zero attached hydrogens (tertiary/aromatic N) is 2. The van der Waals surface area contributed by atoms with Gasteiger partial charge in [0.2, 0.25) is 0 Å². The van der Waals surface area contributed by atoms with Crippen molar-refractivity contribution in [1.29, 1.82) is 0 Å². The molecule has 1 saturated heterocycles. The van der Waals surface area contributed by atoms with Crippen LogP contribution in [0.2, 0.25) is 5.02 Å². The molecule has 29 heavy (non-hydrogen) atoms. The van der Waals surface area contributed by atoms with Crippen molar-refractivity contribution in [3.8, 4) is 11.5 Å². The lowest BCUT2D eigenvalue weighted by molar-refractivity contribution is 0.0783. The van der Waals surface area contributed by atoms with E-state index in [2.05, 4.69) is 4.72 Å². The number of ether oxygens (including phenoxy) is 2. The van der Waals surface area contributed by atoms with Crippen LogP contribution in [0, 0.1) is 6.92 Å². The first kappa shape index (κ1) is 21.3. The number of nitrogens with one attached hydrogen (secondary N) is 1. The van der Waals surface area contributed by atoms with E-state index in [4.69, 9.17) is 21.1 Å². The van der Waals surface area contributed by atoms with Crippen LogP contribution in [0.1, 0.15) is 29.0 Å². The van der Waals surface area contributed by atoms with Gasteiger partial charge in [0, 0.05) is 31.9 Å². The van der Waals surface area contributed by atoms with Gasteiger partial charge in [-0.25, -0.2) is 8.42 Å². The summed E-state index contributed by atoms with van der Waals surface area (Å²) in [5.41, 5.74) is 0.970. The molecule has 1 aliphatic heterocycles. The van der Waals surface area contributed by atoms with Gasteiger partial charge in [0.25, 0.3) is 15.9 Å². The fourth-order valence-electron chi connectivity index (χ4n) is 3.37. The fourth-order valence-corrected chi connectivity index (χ4v) is 4.96. The van der Waals surface area contributed by atoms with E-state index < -0.39 is 10.0 Å². The van der Waals surface area contributed by atoms with E-state index in [1.165, 1.54) is 32.4 Å². The zero-order valence-electron chi connectivity index (χ0n) is 16.8. The number of carbonyl (C=O) groups is 1. The Morgan fingerprint density at radius 2 is 1.72 bits per heavy atom. The van der Waals surface area contributed by atoms with Crippen molar-refractivity contribution >= 4 is 33.2 Å². The number of benzene rings is 1. The molecule has 1 fully saturated rings. The molecule has 1 amide bonds. The van der Waals surface area contributed by atoms with Crippen LogP contribution < -0.4 is 14.2 Å². The molecule has 3 rings (SSSR count). The molecule has 10 heteroatoms. The Labute approximate surface area is 175 Å². The Morgan fingerprint density at radius 1 is 1.10 bits per heavy atom. The number of carbonyl (C=O) groups excluding carboxylic acids is 1. The predicted molar refractivity (Wildman–Crippen MR) is 111 cm³/mol. The number of hydrogen-bond acceptors (Lipinski definition) is 5. The minimum atomic E-state index is -3.99. The highest BCUT2D eigenvalue weighted by Crippen LogP contribution is 2.37. The molecule has 8 nitrogen and oxygen atoms in total. The summed E-state index contributed by atoms with van der Waals surface area (Å²) in [6.45, 7) is 3.03. The Bertz CT molecular complexity index is 1040. The van der Waals surface area contributed by atoms with Gasteiger partial charge in [0.1, 0.15) is 22.1 Å². The second-order valence-electron chi connectivity index (χ2n) is 6.83. The lowest BCUT2D eigenvalue weighted by Gasteiger charge is -2.15. The van der Waals surface area contributed by atoms with Gasteiger partial charge in [-0.3, -0.25) is 9.52 Å². The highest BCUT2D eigenvalue weighted by atomic mass is 35.5. The van der Waals surface area contributed by atoms with Crippen LogP contribution in [0.15, 0.2) is 23.1 Å². The highest BCUT2D eigenvalue weighted by Gasteiger charge is 2.28. The molecular formula is C19H24ClN3O5S. The van der Waals surface area contributed by atoms with Gasteiger partial charge in [-0.05, 0) is 31.9 Å². The summed E-state index contributed by atoms with van der Waals surface area (Å²) in [7, 11) is 0.563. The van der Waals surface area contributed by atoms with Crippen molar-refractivity contribution in [1.82, 2.24) is 9.47 Å². The normalized spacial score (nSPS) is 14.2. The average molecular weight is 442 g/mol. The standard InChI is InChI=1S/C19H24ClN3O5S/c1-12-18(10-15(22(12)2)19(24)23-7-5-6-8-23)29(25,26)21-14-9-13(20)16(27-3)11-17(14)28-4/h9-11,21H,5-8H2,1-4H3. The van der Waals surface area contributed by atoms with Gasteiger partial charge >= 0.3 is 0 Å². The molecule has 0 saturated carbocycles. The molecule has 158 valence electrons. The monoisotopic (exact) mass is 441 g/mol. The largest absolute Gasteiger partial charge is 0.495 e. The van der Waals surface area contributed by atoms with Gasteiger partial charge < -0.3 is 18.9 Å². The van der Waals surface area contributed by atoms with E-state index in [9.17, 15) is 13.2 Å². The third-order valence-electron chi connectivity index (χ3n) is 5.11. The Hall–Kier alpha value is -2.39. The number of hydrogen-bond donors (Lipinski definition) is 1. The molecule has 1 aromatic carbocycles. The van der Waals surface area contributed by atoms with Gasteiger partial charge in [0.15, 0.2) is 0 Å². The van der Waals surface area contributed by atoms with E-state index in [1.807, 2.05) is 0 Å². The SMILES string of the molecule is COc1cc(OC)c(NS(=O)(=O)c2cc(C(=O)N3CCCC3)n(C)c2C)cc1Cl. The third-order valence-corrected chi connectivity index (χ3v) is 6.89. The third kappa shape index (κ3) is 4.02. The number of halogens is 1. The number of methoxy groups -OCH3 is 2. The number of rotatable bonds is 6. The van der Waals surface area contributed by atoms with Crippen molar-refractivity contribution < 1.29 is 22.7 Å². The Morgan fingerprint density at radius 3 is 2.31 bits per heavy atom. The maximum atomic E-state index is 13.1. The van der Waals surface area contributed by atoms with Gasteiger partial charge in [-0.1, -0.05) is 11.6 Å². The Balaban J connectivity index is 1.97. The van der Waals surface area contributed by atoms with Gasteiger partial charge in [0.05, 0.1) is 24.9 Å². The fraction of sp³-hybridized carbons (Fsp3) is 0.421. The average Bonchev–Trinajstić information content (AvgIpc) is 3.31. The molecule has 1 aromatic heterocycles. The molecule has 1 aliphatic rings. The number of anilines is 1. The van der Waals surface area contributed by atoms with Crippen LogP contribution in [-0.4, -0.2) is 51.1 Å². The molecule has 0 bridgehead atoms. The molecule has 2 heterocycles. The number of sulfonamides is 1. The summed E-state index contributed by atoms with van der Waals surface area (Å²) in [6.07, 6.45) is 1.92. The Kier molecular flexibility index (Phi) is 6.00. The molecule has 0 radical (unpaired) electrons. The molecule has 0 unspecified atom stereocenters. The van der Waals surface area contributed by atoms with E-state index in [-0.39, 0.29) is 27.3 Å². The molecular weight excluding hydrogens is 418 g/mol. The van der Waals surface area contributed by atoms with Crippen molar-refractivity contribution in [2.45, 2.75) is 24.7 Å². The summed E-state index contributed by atoms with van der Waals surface area (Å²) in [4.78, 5) is 14.5. The molecule has 0 aliphatic carbocycles. The maximum Gasteiger partial charge on any atom is 0.270 e. The first-order valence-electron chi connectivity index (χ1n) is 9.09.